The topological polar surface area (TPSA) is 32.3 Å². The normalized spacial score (nSPS) is 18.1. The molecule has 0 radical (unpaired) electrons. The molecule has 0 aliphatic carbocycles. The fourth-order valence-corrected chi connectivity index (χ4v) is 3.26. The Balaban J connectivity index is 1.80. The lowest BCUT2D eigenvalue weighted by atomic mass is 10.0. The van der Waals surface area contributed by atoms with Gasteiger partial charge in [0, 0.05) is 36.6 Å². The van der Waals surface area contributed by atoms with Crippen LogP contribution in [-0.2, 0) is 11.2 Å². The minimum atomic E-state index is 0.199. The molecule has 1 aliphatic rings. The summed E-state index contributed by atoms with van der Waals surface area (Å²) >= 11 is 3.60. The van der Waals surface area contributed by atoms with Crippen LogP contribution in [-0.4, -0.2) is 36.0 Å². The van der Waals surface area contributed by atoms with Gasteiger partial charge >= 0.3 is 0 Å². The van der Waals surface area contributed by atoms with Gasteiger partial charge in [0.05, 0.1) is 0 Å². The predicted octanol–water partition coefficient (Wildman–Crippen LogP) is 2.98. The second-order valence-electron chi connectivity index (χ2n) is 5.64. The third-order valence-corrected chi connectivity index (χ3v) is 4.72. The van der Waals surface area contributed by atoms with Crippen molar-refractivity contribution in [2.24, 2.45) is 0 Å². The van der Waals surface area contributed by atoms with Crippen LogP contribution < -0.4 is 5.32 Å². The fourth-order valence-electron chi connectivity index (χ4n) is 2.82. The number of hydrogen-bond donors (Lipinski definition) is 1. The van der Waals surface area contributed by atoms with E-state index < -0.39 is 0 Å². The second-order valence-corrected chi connectivity index (χ2v) is 6.50. The Labute approximate surface area is 129 Å². The molecule has 1 fully saturated rings. The van der Waals surface area contributed by atoms with Crippen molar-refractivity contribution in [3.63, 3.8) is 0 Å². The van der Waals surface area contributed by atoms with E-state index in [1.807, 2.05) is 11.0 Å². The molecular weight excluding hydrogens is 316 g/mol. The van der Waals surface area contributed by atoms with E-state index in [4.69, 9.17) is 0 Å². The minimum Gasteiger partial charge on any atom is -0.343 e. The van der Waals surface area contributed by atoms with Crippen LogP contribution in [0, 0.1) is 0 Å². The summed E-state index contributed by atoms with van der Waals surface area (Å²) in [5.41, 5.74) is 1.34. The van der Waals surface area contributed by atoms with Crippen LogP contribution in [0.4, 0.5) is 0 Å². The van der Waals surface area contributed by atoms with E-state index in [1.54, 1.807) is 6.92 Å². The maximum atomic E-state index is 11.3. The number of rotatable bonds is 4. The first kappa shape index (κ1) is 15.5. The van der Waals surface area contributed by atoms with Crippen molar-refractivity contribution in [1.29, 1.82) is 0 Å². The zero-order valence-corrected chi connectivity index (χ0v) is 13.8. The second kappa shape index (κ2) is 7.23. The molecule has 0 spiro atoms. The average molecular weight is 339 g/mol. The summed E-state index contributed by atoms with van der Waals surface area (Å²) in [4.78, 5) is 13.2. The van der Waals surface area contributed by atoms with Crippen LogP contribution in [0.15, 0.2) is 28.7 Å². The molecule has 0 aromatic heterocycles. The highest BCUT2D eigenvalue weighted by Crippen LogP contribution is 2.18. The molecule has 4 heteroatoms. The summed E-state index contributed by atoms with van der Waals surface area (Å²) in [6.07, 6.45) is 3.13. The summed E-state index contributed by atoms with van der Waals surface area (Å²) < 4.78 is 1.18. The number of carbonyl (C=O) groups is 1. The molecule has 1 aliphatic heterocycles. The van der Waals surface area contributed by atoms with Gasteiger partial charge in [0.2, 0.25) is 5.91 Å². The Bertz CT molecular complexity index is 456. The predicted molar refractivity (Wildman–Crippen MR) is 85.7 cm³/mol. The largest absolute Gasteiger partial charge is 0.343 e. The molecule has 1 aromatic rings. The monoisotopic (exact) mass is 338 g/mol. The molecule has 0 unspecified atom stereocenters. The Hall–Kier alpha value is -0.870. The quantitative estimate of drug-likeness (QED) is 0.915. The first-order chi connectivity index (χ1) is 9.56. The van der Waals surface area contributed by atoms with E-state index in [9.17, 15) is 4.79 Å². The van der Waals surface area contributed by atoms with Crippen molar-refractivity contribution < 1.29 is 4.79 Å². The number of likely N-dealkylation sites (tertiary alicyclic amines) is 1. The van der Waals surface area contributed by atoms with Gasteiger partial charge in [-0.15, -0.1) is 0 Å². The first-order valence-electron chi connectivity index (χ1n) is 7.31. The van der Waals surface area contributed by atoms with Crippen molar-refractivity contribution in [3.8, 4) is 0 Å². The third kappa shape index (κ3) is 4.32. The number of benzene rings is 1. The van der Waals surface area contributed by atoms with Crippen LogP contribution in [0.25, 0.3) is 0 Å². The van der Waals surface area contributed by atoms with E-state index in [0.717, 1.165) is 32.4 Å². The van der Waals surface area contributed by atoms with E-state index in [-0.39, 0.29) is 5.91 Å². The molecule has 0 bridgehead atoms. The minimum absolute atomic E-state index is 0.199. The molecule has 110 valence electrons. The number of hydrogen-bond acceptors (Lipinski definition) is 2. The molecular formula is C16H23BrN2O. The van der Waals surface area contributed by atoms with Crippen LogP contribution in [0.5, 0.6) is 0 Å². The number of carbonyl (C=O) groups excluding carboxylic acids is 1. The van der Waals surface area contributed by atoms with Gasteiger partial charge in [0.15, 0.2) is 0 Å². The summed E-state index contributed by atoms with van der Waals surface area (Å²) in [6, 6.07) is 9.36. The molecule has 1 N–H and O–H groups in total. The average Bonchev–Trinajstić information content (AvgIpc) is 2.42. The number of nitrogens with zero attached hydrogens (tertiary/aromatic N) is 1. The summed E-state index contributed by atoms with van der Waals surface area (Å²) in [6.45, 7) is 5.66. The van der Waals surface area contributed by atoms with Crippen molar-refractivity contribution >= 4 is 21.8 Å². The van der Waals surface area contributed by atoms with Crippen molar-refractivity contribution in [1.82, 2.24) is 10.2 Å². The number of nitrogens with one attached hydrogen (secondary N) is 1. The third-order valence-electron chi connectivity index (χ3n) is 3.94. The van der Waals surface area contributed by atoms with Gasteiger partial charge in [-0.3, -0.25) is 4.79 Å². The zero-order valence-electron chi connectivity index (χ0n) is 12.2. The SMILES string of the molecule is CC(=O)N1CCC(N[C@@H](C)Cc2ccccc2Br)CC1. The maximum absolute atomic E-state index is 11.3. The Kier molecular flexibility index (Phi) is 5.61. The molecule has 1 saturated heterocycles. The van der Waals surface area contributed by atoms with E-state index >= 15 is 0 Å². The van der Waals surface area contributed by atoms with Gasteiger partial charge in [-0.05, 0) is 37.8 Å². The molecule has 3 nitrogen and oxygen atoms in total. The fraction of sp³-hybridized carbons (Fsp3) is 0.562. The number of halogens is 1. The van der Waals surface area contributed by atoms with Crippen LogP contribution in [0.2, 0.25) is 0 Å². The molecule has 1 heterocycles. The lowest BCUT2D eigenvalue weighted by Gasteiger charge is -2.33. The molecule has 1 amide bonds. The van der Waals surface area contributed by atoms with Gasteiger partial charge in [-0.25, -0.2) is 0 Å². The smallest absolute Gasteiger partial charge is 0.219 e. The maximum Gasteiger partial charge on any atom is 0.219 e. The Morgan fingerprint density at radius 2 is 2.05 bits per heavy atom. The van der Waals surface area contributed by atoms with Crippen molar-refractivity contribution in [3.05, 3.63) is 34.3 Å². The standard InChI is InChI=1S/C16H23BrN2O/c1-12(11-14-5-3-4-6-16(14)17)18-15-7-9-19(10-8-15)13(2)20/h3-6,12,15,18H,7-11H2,1-2H3/t12-/m0/s1. The van der Waals surface area contributed by atoms with Gasteiger partial charge in [0.1, 0.15) is 0 Å². The van der Waals surface area contributed by atoms with Gasteiger partial charge in [-0.2, -0.15) is 0 Å². The molecule has 1 atom stereocenters. The Morgan fingerprint density at radius 3 is 2.65 bits per heavy atom. The highest BCUT2D eigenvalue weighted by Gasteiger charge is 2.21. The molecule has 1 aromatic carbocycles. The number of amides is 1. The van der Waals surface area contributed by atoms with E-state index in [0.29, 0.717) is 12.1 Å². The van der Waals surface area contributed by atoms with Crippen LogP contribution in [0.3, 0.4) is 0 Å². The molecule has 2 rings (SSSR count). The van der Waals surface area contributed by atoms with Crippen LogP contribution >= 0.6 is 15.9 Å². The van der Waals surface area contributed by atoms with E-state index in [1.165, 1.54) is 10.0 Å². The van der Waals surface area contributed by atoms with Crippen LogP contribution in [0.1, 0.15) is 32.3 Å². The lowest BCUT2D eigenvalue weighted by molar-refractivity contribution is -0.129. The highest BCUT2D eigenvalue weighted by atomic mass is 79.9. The van der Waals surface area contributed by atoms with Crippen molar-refractivity contribution in [2.75, 3.05) is 13.1 Å². The van der Waals surface area contributed by atoms with Gasteiger partial charge in [-0.1, -0.05) is 34.1 Å². The summed E-state index contributed by atoms with van der Waals surface area (Å²) in [5, 5.41) is 3.70. The Morgan fingerprint density at radius 1 is 1.40 bits per heavy atom. The van der Waals surface area contributed by atoms with Gasteiger partial charge in [0.25, 0.3) is 0 Å². The molecule has 20 heavy (non-hydrogen) atoms. The number of piperidine rings is 1. The lowest BCUT2D eigenvalue weighted by Crippen LogP contribution is -2.47. The zero-order chi connectivity index (χ0) is 14.5. The highest BCUT2D eigenvalue weighted by molar-refractivity contribution is 9.10. The first-order valence-corrected chi connectivity index (χ1v) is 8.10. The van der Waals surface area contributed by atoms with E-state index in [2.05, 4.69) is 46.4 Å². The summed E-state index contributed by atoms with van der Waals surface area (Å²) in [5.74, 6) is 0.199. The molecule has 0 saturated carbocycles. The summed E-state index contributed by atoms with van der Waals surface area (Å²) in [7, 11) is 0. The van der Waals surface area contributed by atoms with Gasteiger partial charge < -0.3 is 10.2 Å². The van der Waals surface area contributed by atoms with Crippen molar-refractivity contribution in [2.45, 2.75) is 45.2 Å².